The second-order valence-electron chi connectivity index (χ2n) is 6.78. The highest BCUT2D eigenvalue weighted by atomic mass is 16.5. The first-order chi connectivity index (χ1) is 10.6. The van der Waals surface area contributed by atoms with Gasteiger partial charge in [0, 0.05) is 36.6 Å². The van der Waals surface area contributed by atoms with Gasteiger partial charge in [0.2, 0.25) is 0 Å². The molecule has 2 aliphatic rings. The van der Waals surface area contributed by atoms with Gasteiger partial charge in [-0.25, -0.2) is 0 Å². The zero-order valence-electron chi connectivity index (χ0n) is 13.7. The minimum absolute atomic E-state index is 0.135. The van der Waals surface area contributed by atoms with Crippen LogP contribution >= 0.6 is 0 Å². The molecule has 3 rings (SSSR count). The average Bonchev–Trinajstić information content (AvgIpc) is 2.92. The van der Waals surface area contributed by atoms with E-state index >= 15 is 0 Å². The number of aryl methyl sites for hydroxylation is 2. The fourth-order valence-electron chi connectivity index (χ4n) is 3.40. The van der Waals surface area contributed by atoms with Crippen LogP contribution in [0, 0.1) is 19.8 Å². The van der Waals surface area contributed by atoms with Crippen molar-refractivity contribution < 1.29 is 9.53 Å². The first kappa shape index (κ1) is 15.5. The van der Waals surface area contributed by atoms with E-state index in [2.05, 4.69) is 4.98 Å². The Morgan fingerprint density at radius 3 is 2.45 bits per heavy atom. The maximum absolute atomic E-state index is 13.0. The number of hydrogen-bond donors (Lipinski definition) is 0. The van der Waals surface area contributed by atoms with Crippen LogP contribution in [-0.4, -0.2) is 41.6 Å². The lowest BCUT2D eigenvalue weighted by atomic mass is 9.85. The molecule has 22 heavy (non-hydrogen) atoms. The van der Waals surface area contributed by atoms with Crippen molar-refractivity contribution in [3.05, 3.63) is 29.1 Å². The standard InChI is InChI=1S/C18H26N2O2/c1-13-9-16(10-14(2)19-13)18(21)20(11-15-5-3-6-15)12-17-7-4-8-22-17/h9-10,15,17H,3-8,11-12H2,1-2H3. The molecular weight excluding hydrogens is 276 g/mol. The number of pyridine rings is 1. The molecule has 120 valence electrons. The molecule has 0 radical (unpaired) electrons. The SMILES string of the molecule is Cc1cc(C(=O)N(CC2CCC2)CC2CCCO2)cc(C)n1. The van der Waals surface area contributed by atoms with Crippen molar-refractivity contribution in [1.82, 2.24) is 9.88 Å². The van der Waals surface area contributed by atoms with Crippen LogP contribution in [0.2, 0.25) is 0 Å². The highest BCUT2D eigenvalue weighted by Crippen LogP contribution is 2.28. The van der Waals surface area contributed by atoms with Gasteiger partial charge in [-0.1, -0.05) is 6.42 Å². The lowest BCUT2D eigenvalue weighted by molar-refractivity contribution is 0.0447. The Labute approximate surface area is 132 Å². The second-order valence-corrected chi connectivity index (χ2v) is 6.78. The minimum Gasteiger partial charge on any atom is -0.376 e. The molecule has 0 spiro atoms. The summed E-state index contributed by atoms with van der Waals surface area (Å²) in [5.74, 6) is 0.811. The monoisotopic (exact) mass is 302 g/mol. The molecule has 1 atom stereocenters. The summed E-state index contributed by atoms with van der Waals surface area (Å²) in [6.45, 7) is 6.33. The number of nitrogens with zero attached hydrogens (tertiary/aromatic N) is 2. The van der Waals surface area contributed by atoms with Gasteiger partial charge in [0.25, 0.3) is 5.91 Å². The van der Waals surface area contributed by atoms with Crippen molar-refractivity contribution in [1.29, 1.82) is 0 Å². The molecule has 1 amide bonds. The van der Waals surface area contributed by atoms with Crippen molar-refractivity contribution >= 4 is 5.91 Å². The maximum Gasteiger partial charge on any atom is 0.254 e. The van der Waals surface area contributed by atoms with Gasteiger partial charge in [0.05, 0.1) is 6.10 Å². The molecule has 4 nitrogen and oxygen atoms in total. The van der Waals surface area contributed by atoms with Crippen molar-refractivity contribution in [2.75, 3.05) is 19.7 Å². The molecule has 1 aromatic heterocycles. The number of carbonyl (C=O) groups excluding carboxylic acids is 1. The quantitative estimate of drug-likeness (QED) is 0.839. The lowest BCUT2D eigenvalue weighted by Crippen LogP contribution is -2.41. The molecule has 4 heteroatoms. The Kier molecular flexibility index (Phi) is 4.77. The third-order valence-corrected chi connectivity index (χ3v) is 4.77. The summed E-state index contributed by atoms with van der Waals surface area (Å²) in [7, 11) is 0. The highest BCUT2D eigenvalue weighted by Gasteiger charge is 2.28. The Morgan fingerprint density at radius 2 is 1.91 bits per heavy atom. The fraction of sp³-hybridized carbons (Fsp3) is 0.667. The normalized spacial score (nSPS) is 21.6. The van der Waals surface area contributed by atoms with Crippen molar-refractivity contribution in [2.24, 2.45) is 5.92 Å². The molecule has 0 N–H and O–H groups in total. The van der Waals surface area contributed by atoms with Gasteiger partial charge in [-0.2, -0.15) is 0 Å². The predicted molar refractivity (Wildman–Crippen MR) is 85.9 cm³/mol. The van der Waals surface area contributed by atoms with E-state index in [1.165, 1.54) is 19.3 Å². The molecule has 1 aromatic rings. The summed E-state index contributed by atoms with van der Waals surface area (Å²) in [4.78, 5) is 19.3. The van der Waals surface area contributed by atoms with Gasteiger partial charge < -0.3 is 9.64 Å². The maximum atomic E-state index is 13.0. The number of hydrogen-bond acceptors (Lipinski definition) is 3. The van der Waals surface area contributed by atoms with Crippen LogP contribution in [0.1, 0.15) is 53.8 Å². The Balaban J connectivity index is 1.74. The summed E-state index contributed by atoms with van der Waals surface area (Å²) in [5, 5.41) is 0. The number of aromatic nitrogens is 1. The molecule has 2 fully saturated rings. The van der Waals surface area contributed by atoms with Gasteiger partial charge in [-0.05, 0) is 57.6 Å². The number of rotatable bonds is 5. The van der Waals surface area contributed by atoms with Crippen molar-refractivity contribution in [2.45, 2.75) is 52.1 Å². The van der Waals surface area contributed by atoms with Crippen LogP contribution in [0.5, 0.6) is 0 Å². The van der Waals surface area contributed by atoms with E-state index in [1.807, 2.05) is 30.9 Å². The summed E-state index contributed by atoms with van der Waals surface area (Å²) in [5.41, 5.74) is 2.58. The summed E-state index contributed by atoms with van der Waals surface area (Å²) in [6.07, 6.45) is 6.22. The average molecular weight is 302 g/mol. The lowest BCUT2D eigenvalue weighted by Gasteiger charge is -2.33. The van der Waals surface area contributed by atoms with Gasteiger partial charge in [0.1, 0.15) is 0 Å². The molecular formula is C18H26N2O2. The van der Waals surface area contributed by atoms with E-state index in [4.69, 9.17) is 4.74 Å². The third-order valence-electron chi connectivity index (χ3n) is 4.77. The van der Waals surface area contributed by atoms with E-state index < -0.39 is 0 Å². The van der Waals surface area contributed by atoms with E-state index in [1.54, 1.807) is 0 Å². The Morgan fingerprint density at radius 1 is 1.18 bits per heavy atom. The van der Waals surface area contributed by atoms with Crippen molar-refractivity contribution in [3.8, 4) is 0 Å². The summed E-state index contributed by atoms with van der Waals surface area (Å²) >= 11 is 0. The van der Waals surface area contributed by atoms with Gasteiger partial charge >= 0.3 is 0 Å². The summed E-state index contributed by atoms with van der Waals surface area (Å²) < 4.78 is 5.74. The molecule has 1 unspecified atom stereocenters. The molecule has 0 bridgehead atoms. The fourth-order valence-corrected chi connectivity index (χ4v) is 3.40. The molecule has 1 saturated carbocycles. The van der Waals surface area contributed by atoms with E-state index in [0.29, 0.717) is 5.92 Å². The Bertz CT molecular complexity index is 514. The van der Waals surface area contributed by atoms with Crippen LogP contribution in [-0.2, 0) is 4.74 Å². The third kappa shape index (κ3) is 3.67. The van der Waals surface area contributed by atoms with Gasteiger partial charge in [-0.3, -0.25) is 9.78 Å². The largest absolute Gasteiger partial charge is 0.376 e. The first-order valence-corrected chi connectivity index (χ1v) is 8.48. The van der Waals surface area contributed by atoms with E-state index in [9.17, 15) is 4.79 Å². The van der Waals surface area contributed by atoms with Crippen molar-refractivity contribution in [3.63, 3.8) is 0 Å². The number of ether oxygens (including phenoxy) is 1. The van der Waals surface area contributed by atoms with E-state index in [-0.39, 0.29) is 12.0 Å². The van der Waals surface area contributed by atoms with Crippen LogP contribution in [0.4, 0.5) is 0 Å². The van der Waals surface area contributed by atoms with Crippen LogP contribution in [0.3, 0.4) is 0 Å². The molecule has 2 heterocycles. The van der Waals surface area contributed by atoms with E-state index in [0.717, 1.165) is 49.5 Å². The molecule has 1 aliphatic heterocycles. The predicted octanol–water partition coefficient (Wildman–Crippen LogP) is 3.12. The Hall–Kier alpha value is -1.42. The first-order valence-electron chi connectivity index (χ1n) is 8.48. The minimum atomic E-state index is 0.135. The molecule has 1 saturated heterocycles. The number of amides is 1. The smallest absolute Gasteiger partial charge is 0.254 e. The summed E-state index contributed by atoms with van der Waals surface area (Å²) in [6, 6.07) is 3.80. The van der Waals surface area contributed by atoms with Gasteiger partial charge in [-0.15, -0.1) is 0 Å². The molecule has 1 aliphatic carbocycles. The van der Waals surface area contributed by atoms with Crippen LogP contribution < -0.4 is 0 Å². The topological polar surface area (TPSA) is 42.4 Å². The van der Waals surface area contributed by atoms with Crippen LogP contribution in [0.15, 0.2) is 12.1 Å². The second kappa shape index (κ2) is 6.78. The van der Waals surface area contributed by atoms with Gasteiger partial charge in [0.15, 0.2) is 0 Å². The highest BCUT2D eigenvalue weighted by molar-refractivity contribution is 5.94. The zero-order chi connectivity index (χ0) is 15.5. The van der Waals surface area contributed by atoms with Crippen LogP contribution in [0.25, 0.3) is 0 Å². The molecule has 0 aromatic carbocycles. The number of carbonyl (C=O) groups is 1. The zero-order valence-corrected chi connectivity index (χ0v) is 13.7.